The van der Waals surface area contributed by atoms with Crippen LogP contribution in [0.2, 0.25) is 0 Å². The maximum Gasteiger partial charge on any atom is 0.416 e. The molecule has 0 aliphatic rings. The molecule has 36 heavy (non-hydrogen) atoms. The second kappa shape index (κ2) is 9.52. The average molecular weight is 504 g/mol. The van der Waals surface area contributed by atoms with Crippen molar-refractivity contribution in [2.24, 2.45) is 0 Å². The van der Waals surface area contributed by atoms with Crippen LogP contribution >= 0.6 is 0 Å². The number of hydrogen-bond acceptors (Lipinski definition) is 3. The van der Waals surface area contributed by atoms with Crippen molar-refractivity contribution in [3.63, 3.8) is 0 Å². The van der Waals surface area contributed by atoms with Gasteiger partial charge in [-0.15, -0.1) is 0 Å². The number of alkyl halides is 6. The molecule has 4 rings (SSSR count). The lowest BCUT2D eigenvalue weighted by Gasteiger charge is -2.15. The lowest BCUT2D eigenvalue weighted by atomic mass is 10.0. The number of methoxy groups -OCH3 is 1. The molecule has 0 spiro atoms. The summed E-state index contributed by atoms with van der Waals surface area (Å²) in [5.41, 5.74) is -1.48. The summed E-state index contributed by atoms with van der Waals surface area (Å²) in [7, 11) is 1.47. The highest BCUT2D eigenvalue weighted by Crippen LogP contribution is 2.36. The molecule has 1 amide bonds. The molecule has 0 atom stereocenters. The van der Waals surface area contributed by atoms with Crippen LogP contribution in [-0.4, -0.2) is 18.0 Å². The Hall–Kier alpha value is -4.08. The fourth-order valence-corrected chi connectivity index (χ4v) is 3.68. The number of nitrogens with zero attached hydrogens (tertiary/aromatic N) is 1. The van der Waals surface area contributed by atoms with Crippen LogP contribution in [0.4, 0.5) is 26.3 Å². The second-order valence-electron chi connectivity index (χ2n) is 7.90. The van der Waals surface area contributed by atoms with E-state index in [4.69, 9.17) is 4.74 Å². The summed E-state index contributed by atoms with van der Waals surface area (Å²) in [6.07, 6.45) is -9.96. The van der Waals surface area contributed by atoms with E-state index in [0.29, 0.717) is 40.0 Å². The third-order valence-electron chi connectivity index (χ3n) is 5.43. The van der Waals surface area contributed by atoms with Crippen LogP contribution in [0.5, 0.6) is 5.75 Å². The molecule has 0 aliphatic carbocycles. The predicted octanol–water partition coefficient (Wildman–Crippen LogP) is 6.88. The van der Waals surface area contributed by atoms with Crippen molar-refractivity contribution >= 4 is 16.8 Å². The van der Waals surface area contributed by atoms with Gasteiger partial charge in [0.1, 0.15) is 5.75 Å². The quantitative estimate of drug-likeness (QED) is 0.302. The highest BCUT2D eigenvalue weighted by Gasteiger charge is 2.36. The Balaban J connectivity index is 1.71. The van der Waals surface area contributed by atoms with E-state index in [1.165, 1.54) is 13.2 Å². The normalized spacial score (nSPS) is 12.0. The van der Waals surface area contributed by atoms with Gasteiger partial charge >= 0.3 is 12.4 Å². The molecule has 186 valence electrons. The van der Waals surface area contributed by atoms with Gasteiger partial charge in [0.25, 0.3) is 5.91 Å². The molecule has 1 N–H and O–H groups in total. The Kier molecular flexibility index (Phi) is 6.62. The monoisotopic (exact) mass is 504 g/mol. The fourth-order valence-electron chi connectivity index (χ4n) is 3.68. The average Bonchev–Trinajstić information content (AvgIpc) is 2.85. The molecule has 0 aliphatic heterocycles. The van der Waals surface area contributed by atoms with Gasteiger partial charge in [-0.2, -0.15) is 26.3 Å². The van der Waals surface area contributed by atoms with Gasteiger partial charge in [-0.25, -0.2) is 4.98 Å². The zero-order valence-electron chi connectivity index (χ0n) is 18.7. The predicted molar refractivity (Wildman–Crippen MR) is 121 cm³/mol. The molecule has 10 heteroatoms. The molecule has 0 saturated heterocycles. The Bertz CT molecular complexity index is 1380. The lowest BCUT2D eigenvalue weighted by Crippen LogP contribution is -2.24. The zero-order chi connectivity index (χ0) is 26.1. The molecule has 0 bridgehead atoms. The first-order chi connectivity index (χ1) is 17.0. The van der Waals surface area contributed by atoms with Gasteiger partial charge in [-0.3, -0.25) is 4.79 Å². The minimum Gasteiger partial charge on any atom is -0.497 e. The number of carbonyl (C=O) groups excluding carboxylic acids is 1. The Labute approximate surface area is 201 Å². The van der Waals surface area contributed by atoms with Crippen molar-refractivity contribution in [2.45, 2.75) is 18.9 Å². The number of ether oxygens (including phenoxy) is 1. The summed E-state index contributed by atoms with van der Waals surface area (Å²) in [5.74, 6) is -0.189. The maximum atomic E-state index is 13.2. The molecule has 4 aromatic rings. The molecule has 1 heterocycles. The van der Waals surface area contributed by atoms with E-state index in [-0.39, 0.29) is 17.2 Å². The van der Waals surface area contributed by atoms with Crippen LogP contribution in [0, 0.1) is 0 Å². The summed E-state index contributed by atoms with van der Waals surface area (Å²) < 4.78 is 84.2. The molecule has 0 radical (unpaired) electrons. The minimum absolute atomic E-state index is 0.0429. The smallest absolute Gasteiger partial charge is 0.416 e. The molecule has 1 aromatic heterocycles. The van der Waals surface area contributed by atoms with Gasteiger partial charge in [0.05, 0.1) is 35.0 Å². The van der Waals surface area contributed by atoms with Crippen LogP contribution in [0.3, 0.4) is 0 Å². The highest BCUT2D eigenvalue weighted by atomic mass is 19.4. The standard InChI is InChI=1S/C26H18F6N2O2/c1-36-19-7-8-20-21(13-22(34-23(20)12-19)16-5-3-2-4-6-16)24(35)33-14-15-9-17(25(27,28)29)11-18(10-15)26(30,31)32/h2-13H,14H2,1H3,(H,33,35). The number of aromatic nitrogens is 1. The summed E-state index contributed by atoms with van der Waals surface area (Å²) in [6.45, 7) is -0.549. The second-order valence-corrected chi connectivity index (χ2v) is 7.90. The zero-order valence-corrected chi connectivity index (χ0v) is 18.7. The van der Waals surface area contributed by atoms with E-state index >= 15 is 0 Å². The fraction of sp³-hybridized carbons (Fsp3) is 0.154. The highest BCUT2D eigenvalue weighted by molar-refractivity contribution is 6.07. The van der Waals surface area contributed by atoms with Gasteiger partial charge in [0.15, 0.2) is 0 Å². The number of nitrogens with one attached hydrogen (secondary N) is 1. The van der Waals surface area contributed by atoms with Crippen molar-refractivity contribution in [3.8, 4) is 17.0 Å². The van der Waals surface area contributed by atoms with E-state index in [0.717, 1.165) is 0 Å². The molecule has 0 fully saturated rings. The van der Waals surface area contributed by atoms with Crippen LogP contribution in [0.25, 0.3) is 22.2 Å². The van der Waals surface area contributed by atoms with E-state index in [2.05, 4.69) is 10.3 Å². The number of amides is 1. The van der Waals surface area contributed by atoms with E-state index < -0.39 is 35.9 Å². The van der Waals surface area contributed by atoms with Crippen molar-refractivity contribution in [1.82, 2.24) is 10.3 Å². The molecule has 0 unspecified atom stereocenters. The van der Waals surface area contributed by atoms with Crippen LogP contribution in [0.1, 0.15) is 27.0 Å². The van der Waals surface area contributed by atoms with Crippen LogP contribution in [0.15, 0.2) is 72.8 Å². The number of benzene rings is 3. The van der Waals surface area contributed by atoms with Crippen molar-refractivity contribution in [3.05, 3.63) is 95.1 Å². The number of halogens is 6. The Morgan fingerprint density at radius 1 is 0.861 bits per heavy atom. The summed E-state index contributed by atoms with van der Waals surface area (Å²) >= 11 is 0. The minimum atomic E-state index is -4.98. The number of carbonyl (C=O) groups is 1. The third kappa shape index (κ3) is 5.42. The summed E-state index contributed by atoms with van der Waals surface area (Å²) in [6, 6.07) is 16.6. The van der Waals surface area contributed by atoms with Gasteiger partial charge < -0.3 is 10.1 Å². The number of pyridine rings is 1. The van der Waals surface area contributed by atoms with Gasteiger partial charge in [-0.05, 0) is 42.0 Å². The van der Waals surface area contributed by atoms with E-state index in [9.17, 15) is 31.1 Å². The molecule has 3 aromatic carbocycles. The van der Waals surface area contributed by atoms with E-state index in [1.807, 2.05) is 6.07 Å². The number of hydrogen-bond donors (Lipinski definition) is 1. The van der Waals surface area contributed by atoms with Gasteiger partial charge in [-0.1, -0.05) is 30.3 Å². The lowest BCUT2D eigenvalue weighted by molar-refractivity contribution is -0.143. The first kappa shape index (κ1) is 25.0. The van der Waals surface area contributed by atoms with Gasteiger partial charge in [0, 0.05) is 23.6 Å². The van der Waals surface area contributed by atoms with Crippen molar-refractivity contribution in [2.75, 3.05) is 7.11 Å². The van der Waals surface area contributed by atoms with Crippen molar-refractivity contribution in [1.29, 1.82) is 0 Å². The number of fused-ring (bicyclic) bond motifs is 1. The Morgan fingerprint density at radius 3 is 2.08 bits per heavy atom. The molecule has 4 nitrogen and oxygen atoms in total. The maximum absolute atomic E-state index is 13.2. The topological polar surface area (TPSA) is 51.2 Å². The SMILES string of the molecule is COc1ccc2c(C(=O)NCc3cc(C(F)(F)F)cc(C(F)(F)F)c3)cc(-c3ccccc3)nc2c1. The molecule has 0 saturated carbocycles. The Morgan fingerprint density at radius 2 is 1.50 bits per heavy atom. The largest absolute Gasteiger partial charge is 0.497 e. The first-order valence-electron chi connectivity index (χ1n) is 10.6. The summed E-state index contributed by atoms with van der Waals surface area (Å²) in [4.78, 5) is 17.7. The van der Waals surface area contributed by atoms with Gasteiger partial charge in [0.2, 0.25) is 0 Å². The van der Waals surface area contributed by atoms with Crippen molar-refractivity contribution < 1.29 is 35.9 Å². The molecular formula is C26H18F6N2O2. The third-order valence-corrected chi connectivity index (χ3v) is 5.43. The summed E-state index contributed by atoms with van der Waals surface area (Å²) in [5, 5.41) is 2.88. The first-order valence-corrected chi connectivity index (χ1v) is 10.6. The molecular weight excluding hydrogens is 486 g/mol. The van der Waals surface area contributed by atoms with Crippen LogP contribution < -0.4 is 10.1 Å². The number of rotatable bonds is 5. The van der Waals surface area contributed by atoms with Crippen LogP contribution in [-0.2, 0) is 18.9 Å². The van der Waals surface area contributed by atoms with E-state index in [1.54, 1.807) is 42.5 Å².